The molecule has 0 amide bonds. The summed E-state index contributed by atoms with van der Waals surface area (Å²) in [4.78, 5) is 14.7. The Balaban J connectivity index is 2.13. The van der Waals surface area contributed by atoms with E-state index in [0.717, 1.165) is 0 Å². The fourth-order valence-corrected chi connectivity index (χ4v) is 3.31. The Kier molecular flexibility index (Phi) is 2.73. The highest BCUT2D eigenvalue weighted by Gasteiger charge is 2.54. The number of hydrogen-bond donors (Lipinski definition) is 1. The molecule has 19 heavy (non-hydrogen) atoms. The van der Waals surface area contributed by atoms with Crippen LogP contribution in [0.4, 0.5) is 0 Å². The van der Waals surface area contributed by atoms with E-state index >= 15 is 0 Å². The molecule has 3 aliphatic rings. The zero-order valence-electron chi connectivity index (χ0n) is 11.4. The van der Waals surface area contributed by atoms with Gasteiger partial charge in [-0.3, -0.25) is 4.79 Å². The van der Waals surface area contributed by atoms with E-state index in [2.05, 4.69) is 0 Å². The Labute approximate surface area is 112 Å². The lowest BCUT2D eigenvalue weighted by Gasteiger charge is -2.47. The predicted molar refractivity (Wildman–Crippen MR) is 67.9 cm³/mol. The van der Waals surface area contributed by atoms with Crippen molar-refractivity contribution in [1.82, 2.24) is 4.90 Å². The van der Waals surface area contributed by atoms with Crippen LogP contribution in [0.15, 0.2) is 23.7 Å². The number of piperidine rings is 1. The minimum Gasteiger partial charge on any atom is -0.496 e. The zero-order valence-corrected chi connectivity index (χ0v) is 11.4. The first kappa shape index (κ1) is 12.7. The molecule has 0 aromatic heterocycles. The molecule has 3 rings (SSSR count). The molecular formula is C14H19NO4. The average molecular weight is 265 g/mol. The van der Waals surface area contributed by atoms with Gasteiger partial charge in [0.05, 0.1) is 26.4 Å². The summed E-state index contributed by atoms with van der Waals surface area (Å²) in [6.07, 6.45) is 2.57. The van der Waals surface area contributed by atoms with Crippen LogP contribution in [0.25, 0.3) is 0 Å². The van der Waals surface area contributed by atoms with Crippen molar-refractivity contribution in [3.8, 4) is 0 Å². The summed E-state index contributed by atoms with van der Waals surface area (Å²) in [6.45, 7) is 5.10. The molecule has 0 spiro atoms. The third-order valence-corrected chi connectivity index (χ3v) is 4.54. The summed E-state index contributed by atoms with van der Waals surface area (Å²) in [5.41, 5.74) is -0.0175. The lowest BCUT2D eigenvalue weighted by Crippen LogP contribution is -2.55. The number of fused-ring (bicyclic) bond motifs is 3. The van der Waals surface area contributed by atoms with Gasteiger partial charge in [0.15, 0.2) is 11.5 Å². The van der Waals surface area contributed by atoms with Crippen molar-refractivity contribution in [2.75, 3.05) is 20.3 Å². The molecule has 3 heterocycles. The van der Waals surface area contributed by atoms with Gasteiger partial charge < -0.3 is 19.5 Å². The van der Waals surface area contributed by atoms with E-state index in [1.807, 2.05) is 18.7 Å². The first-order chi connectivity index (χ1) is 8.98. The van der Waals surface area contributed by atoms with Gasteiger partial charge in [0.2, 0.25) is 0 Å². The molecule has 3 aliphatic heterocycles. The fourth-order valence-electron chi connectivity index (χ4n) is 3.31. The van der Waals surface area contributed by atoms with E-state index in [4.69, 9.17) is 9.47 Å². The smallest absolute Gasteiger partial charge is 0.188 e. The number of ketones is 1. The Morgan fingerprint density at radius 1 is 1.47 bits per heavy atom. The van der Waals surface area contributed by atoms with Crippen LogP contribution in [-0.4, -0.2) is 48.3 Å². The first-order valence-corrected chi connectivity index (χ1v) is 6.54. The molecule has 0 radical (unpaired) electrons. The summed E-state index contributed by atoms with van der Waals surface area (Å²) in [6, 6.07) is 0.136. The summed E-state index contributed by atoms with van der Waals surface area (Å²) in [7, 11) is 1.49. The molecule has 0 saturated carbocycles. The number of carbonyl (C=O) groups excluding carboxylic acids is 1. The van der Waals surface area contributed by atoms with Crippen molar-refractivity contribution in [2.24, 2.45) is 11.3 Å². The van der Waals surface area contributed by atoms with Gasteiger partial charge in [0.25, 0.3) is 0 Å². The summed E-state index contributed by atoms with van der Waals surface area (Å²) in [5, 5.41) is 9.96. The maximum atomic E-state index is 12.8. The lowest BCUT2D eigenvalue weighted by molar-refractivity contribution is -0.132. The minimum absolute atomic E-state index is 0.0134. The highest BCUT2D eigenvalue weighted by Crippen LogP contribution is 2.46. The van der Waals surface area contributed by atoms with Crippen molar-refractivity contribution in [3.63, 3.8) is 0 Å². The van der Waals surface area contributed by atoms with Gasteiger partial charge in [-0.25, -0.2) is 0 Å². The molecule has 0 aromatic carbocycles. The van der Waals surface area contributed by atoms with Gasteiger partial charge >= 0.3 is 0 Å². The number of rotatable bonds is 1. The normalized spacial score (nSPS) is 36.3. The molecule has 5 nitrogen and oxygen atoms in total. The molecule has 104 valence electrons. The predicted octanol–water partition coefficient (Wildman–Crippen LogP) is 0.659. The highest BCUT2D eigenvalue weighted by molar-refractivity contribution is 6.01. The Bertz CT molecular complexity index is 480. The van der Waals surface area contributed by atoms with E-state index < -0.39 is 11.5 Å². The number of aliphatic hydroxyl groups excluding tert-OH is 1. The van der Waals surface area contributed by atoms with Crippen LogP contribution >= 0.6 is 0 Å². The summed E-state index contributed by atoms with van der Waals surface area (Å²) in [5.74, 6) is 0.521. The van der Waals surface area contributed by atoms with Gasteiger partial charge in [0.1, 0.15) is 11.8 Å². The van der Waals surface area contributed by atoms with Gasteiger partial charge in [-0.2, -0.15) is 0 Å². The number of aliphatic hydroxyl groups is 1. The number of allylic oxidation sites excluding steroid dienone is 1. The Hall–Kier alpha value is -1.33. The third kappa shape index (κ3) is 1.58. The van der Waals surface area contributed by atoms with Crippen LogP contribution in [-0.2, 0) is 14.3 Å². The van der Waals surface area contributed by atoms with Gasteiger partial charge in [-0.15, -0.1) is 0 Å². The van der Waals surface area contributed by atoms with Crippen molar-refractivity contribution in [2.45, 2.75) is 26.0 Å². The van der Waals surface area contributed by atoms with Crippen molar-refractivity contribution >= 4 is 5.78 Å². The Morgan fingerprint density at radius 2 is 2.21 bits per heavy atom. The van der Waals surface area contributed by atoms with E-state index in [-0.39, 0.29) is 17.7 Å². The van der Waals surface area contributed by atoms with E-state index in [1.165, 1.54) is 7.11 Å². The van der Waals surface area contributed by atoms with Crippen LogP contribution in [0.3, 0.4) is 0 Å². The molecule has 2 saturated heterocycles. The number of Topliss-reactive ketones (excluding diaryl/α,β-unsaturated/α-hetero) is 1. The molecule has 1 unspecified atom stereocenters. The van der Waals surface area contributed by atoms with E-state index in [1.54, 1.807) is 12.3 Å². The summed E-state index contributed by atoms with van der Waals surface area (Å²) < 4.78 is 10.8. The number of carbonyl (C=O) groups is 1. The summed E-state index contributed by atoms with van der Waals surface area (Å²) >= 11 is 0. The molecular weight excluding hydrogens is 246 g/mol. The maximum absolute atomic E-state index is 12.8. The quantitative estimate of drug-likeness (QED) is 0.754. The topological polar surface area (TPSA) is 59.0 Å². The molecule has 0 bridgehead atoms. The molecule has 5 heteroatoms. The van der Waals surface area contributed by atoms with Crippen molar-refractivity contribution in [3.05, 3.63) is 23.7 Å². The molecule has 0 aromatic rings. The fraction of sp³-hybridized carbons (Fsp3) is 0.643. The van der Waals surface area contributed by atoms with Gasteiger partial charge in [0, 0.05) is 17.5 Å². The molecule has 1 N–H and O–H groups in total. The first-order valence-electron chi connectivity index (χ1n) is 6.54. The van der Waals surface area contributed by atoms with E-state index in [0.29, 0.717) is 24.7 Å². The second-order valence-electron chi connectivity index (χ2n) is 5.87. The largest absolute Gasteiger partial charge is 0.496 e. The van der Waals surface area contributed by atoms with Crippen LogP contribution < -0.4 is 0 Å². The number of hydrogen-bond acceptors (Lipinski definition) is 5. The van der Waals surface area contributed by atoms with Gasteiger partial charge in [-0.05, 0) is 6.08 Å². The monoisotopic (exact) mass is 265 g/mol. The van der Waals surface area contributed by atoms with Crippen LogP contribution in [0.1, 0.15) is 13.8 Å². The van der Waals surface area contributed by atoms with Crippen LogP contribution in [0.2, 0.25) is 0 Å². The molecule has 0 aliphatic carbocycles. The van der Waals surface area contributed by atoms with Crippen LogP contribution in [0, 0.1) is 11.3 Å². The highest BCUT2D eigenvalue weighted by atomic mass is 16.5. The lowest BCUT2D eigenvalue weighted by atomic mass is 9.68. The maximum Gasteiger partial charge on any atom is 0.188 e. The SMILES string of the molecule is COC1=C2C(=O)C(C)(C)[C@H]3COC[C@H]3N2C=CC1O. The number of nitrogens with zero attached hydrogens (tertiary/aromatic N) is 1. The van der Waals surface area contributed by atoms with Crippen molar-refractivity contribution < 1.29 is 19.4 Å². The zero-order chi connectivity index (χ0) is 13.8. The van der Waals surface area contributed by atoms with Crippen molar-refractivity contribution in [1.29, 1.82) is 0 Å². The van der Waals surface area contributed by atoms with Crippen LogP contribution in [0.5, 0.6) is 0 Å². The second kappa shape index (κ2) is 4.08. The molecule has 3 atom stereocenters. The standard InChI is InChI=1S/C14H19NO4/c1-14(2)8-6-19-7-9(8)15-5-4-10(16)12(18-3)11(15)13(14)17/h4-5,8-10,16H,6-7H2,1-3H3/t8-,9+,10?/m0/s1. The third-order valence-electron chi connectivity index (χ3n) is 4.54. The molecule has 2 fully saturated rings. The van der Waals surface area contributed by atoms with E-state index in [9.17, 15) is 9.90 Å². The Morgan fingerprint density at radius 3 is 2.89 bits per heavy atom. The number of methoxy groups -OCH3 is 1. The second-order valence-corrected chi connectivity index (χ2v) is 5.87. The average Bonchev–Trinajstić information content (AvgIpc) is 2.86. The van der Waals surface area contributed by atoms with Gasteiger partial charge in [-0.1, -0.05) is 13.8 Å². The number of ether oxygens (including phenoxy) is 2. The minimum atomic E-state index is -0.852.